The van der Waals surface area contributed by atoms with Crippen molar-refractivity contribution in [1.82, 2.24) is 0 Å². The predicted octanol–water partition coefficient (Wildman–Crippen LogP) is 4.75. The molecule has 0 rings (SSSR count). The van der Waals surface area contributed by atoms with Crippen molar-refractivity contribution < 1.29 is 9.53 Å². The van der Waals surface area contributed by atoms with Crippen molar-refractivity contribution in [1.29, 1.82) is 0 Å². The van der Waals surface area contributed by atoms with Gasteiger partial charge in [0.1, 0.15) is 0 Å². The molecule has 0 saturated heterocycles. The Kier molecular flexibility index (Phi) is 8.17. The van der Waals surface area contributed by atoms with Crippen LogP contribution < -0.4 is 0 Å². The van der Waals surface area contributed by atoms with E-state index in [1.807, 2.05) is 6.92 Å². The third kappa shape index (κ3) is 6.73. The SMILES string of the molecule is CC[C@H](O)[C@@H](/C=C/C(C)(C)C)O[Si](CC)(CC)CC. The Balaban J connectivity index is 5.01. The Morgan fingerprint density at radius 3 is 1.84 bits per heavy atom. The zero-order chi connectivity index (χ0) is 15.1. The molecule has 0 aromatic rings. The Hall–Kier alpha value is -0.123. The van der Waals surface area contributed by atoms with Gasteiger partial charge in [0.25, 0.3) is 0 Å². The maximum atomic E-state index is 10.2. The van der Waals surface area contributed by atoms with E-state index in [4.69, 9.17) is 4.43 Å². The lowest BCUT2D eigenvalue weighted by Gasteiger charge is -2.34. The molecule has 0 radical (unpaired) electrons. The quantitative estimate of drug-likeness (QED) is 0.515. The fraction of sp³-hybridized carbons (Fsp3) is 0.875. The fourth-order valence-electron chi connectivity index (χ4n) is 2.15. The van der Waals surface area contributed by atoms with Gasteiger partial charge < -0.3 is 9.53 Å². The van der Waals surface area contributed by atoms with Crippen LogP contribution in [0.4, 0.5) is 0 Å². The third-order valence-electron chi connectivity index (χ3n) is 3.90. The highest BCUT2D eigenvalue weighted by Crippen LogP contribution is 2.26. The van der Waals surface area contributed by atoms with Crippen molar-refractivity contribution in [2.75, 3.05) is 0 Å². The van der Waals surface area contributed by atoms with Crippen molar-refractivity contribution in [2.24, 2.45) is 5.41 Å². The lowest BCUT2D eigenvalue weighted by atomic mass is 9.95. The minimum atomic E-state index is -1.67. The summed E-state index contributed by atoms with van der Waals surface area (Å²) < 4.78 is 6.44. The first-order valence-corrected chi connectivity index (χ1v) is 10.3. The van der Waals surface area contributed by atoms with Crippen LogP contribution in [0, 0.1) is 5.41 Å². The summed E-state index contributed by atoms with van der Waals surface area (Å²) in [5.41, 5.74) is 0.129. The second kappa shape index (κ2) is 8.23. The van der Waals surface area contributed by atoms with Crippen LogP contribution in [0.5, 0.6) is 0 Å². The lowest BCUT2D eigenvalue weighted by molar-refractivity contribution is 0.0542. The highest BCUT2D eigenvalue weighted by atomic mass is 28.4. The van der Waals surface area contributed by atoms with E-state index in [0.717, 1.165) is 24.6 Å². The van der Waals surface area contributed by atoms with E-state index in [1.165, 1.54) is 0 Å². The second-order valence-corrected chi connectivity index (χ2v) is 11.2. The molecule has 2 nitrogen and oxygen atoms in total. The predicted molar refractivity (Wildman–Crippen MR) is 87.0 cm³/mol. The molecule has 2 atom stereocenters. The molecule has 0 aliphatic heterocycles. The van der Waals surface area contributed by atoms with Crippen LogP contribution in [-0.4, -0.2) is 25.6 Å². The molecule has 0 unspecified atom stereocenters. The van der Waals surface area contributed by atoms with E-state index in [9.17, 15) is 5.11 Å². The van der Waals surface area contributed by atoms with Gasteiger partial charge in [-0.2, -0.15) is 0 Å². The van der Waals surface area contributed by atoms with Crippen molar-refractivity contribution >= 4 is 8.32 Å². The highest BCUT2D eigenvalue weighted by molar-refractivity contribution is 6.73. The second-order valence-electron chi connectivity index (χ2n) is 6.53. The molecule has 0 saturated carbocycles. The summed E-state index contributed by atoms with van der Waals surface area (Å²) in [6.45, 7) is 15.2. The molecule has 19 heavy (non-hydrogen) atoms. The summed E-state index contributed by atoms with van der Waals surface area (Å²) in [6, 6.07) is 3.36. The molecule has 0 fully saturated rings. The first kappa shape index (κ1) is 18.9. The normalized spacial score (nSPS) is 16.8. The van der Waals surface area contributed by atoms with Gasteiger partial charge in [-0.05, 0) is 30.0 Å². The Labute approximate surface area is 121 Å². The maximum absolute atomic E-state index is 10.2. The molecule has 3 heteroatoms. The van der Waals surface area contributed by atoms with E-state index in [-0.39, 0.29) is 11.5 Å². The van der Waals surface area contributed by atoms with E-state index in [2.05, 4.69) is 53.7 Å². The molecule has 0 aliphatic carbocycles. The summed E-state index contributed by atoms with van der Waals surface area (Å²) in [5, 5.41) is 10.2. The van der Waals surface area contributed by atoms with Crippen LogP contribution in [0.2, 0.25) is 18.1 Å². The molecule has 0 bridgehead atoms. The number of aliphatic hydroxyl groups is 1. The molecule has 0 heterocycles. The number of aliphatic hydroxyl groups excluding tert-OH is 1. The summed E-state index contributed by atoms with van der Waals surface area (Å²) >= 11 is 0. The maximum Gasteiger partial charge on any atom is 0.193 e. The fourth-order valence-corrected chi connectivity index (χ4v) is 4.96. The largest absolute Gasteiger partial charge is 0.408 e. The Morgan fingerprint density at radius 2 is 1.53 bits per heavy atom. The van der Waals surface area contributed by atoms with Crippen molar-refractivity contribution in [3.8, 4) is 0 Å². The van der Waals surface area contributed by atoms with Gasteiger partial charge in [0.15, 0.2) is 8.32 Å². The number of hydrogen-bond acceptors (Lipinski definition) is 2. The molecule has 0 amide bonds. The lowest BCUT2D eigenvalue weighted by Crippen LogP contribution is -2.43. The Morgan fingerprint density at radius 1 is 1.05 bits per heavy atom. The molecule has 0 aromatic heterocycles. The number of rotatable bonds is 8. The van der Waals surface area contributed by atoms with E-state index < -0.39 is 14.4 Å². The first-order chi connectivity index (χ1) is 8.73. The van der Waals surface area contributed by atoms with Gasteiger partial charge in [0.2, 0.25) is 0 Å². The van der Waals surface area contributed by atoms with Crippen LogP contribution in [-0.2, 0) is 4.43 Å². The monoisotopic (exact) mass is 286 g/mol. The molecule has 0 aromatic carbocycles. The third-order valence-corrected chi connectivity index (χ3v) is 8.54. The summed E-state index contributed by atoms with van der Waals surface area (Å²) in [5.74, 6) is 0. The first-order valence-electron chi connectivity index (χ1n) is 7.78. The van der Waals surface area contributed by atoms with Crippen LogP contribution in [0.3, 0.4) is 0 Å². The topological polar surface area (TPSA) is 29.5 Å². The molecular formula is C16H34O2Si. The molecule has 0 spiro atoms. The van der Waals surface area contributed by atoms with Gasteiger partial charge in [-0.3, -0.25) is 0 Å². The summed E-state index contributed by atoms with van der Waals surface area (Å²) in [7, 11) is -1.67. The van der Waals surface area contributed by atoms with Gasteiger partial charge in [-0.15, -0.1) is 0 Å². The van der Waals surface area contributed by atoms with Gasteiger partial charge in [0.05, 0.1) is 12.2 Å². The van der Waals surface area contributed by atoms with E-state index >= 15 is 0 Å². The smallest absolute Gasteiger partial charge is 0.193 e. The van der Waals surface area contributed by atoms with Crippen molar-refractivity contribution in [2.45, 2.75) is 85.2 Å². The van der Waals surface area contributed by atoms with Crippen LogP contribution in [0.15, 0.2) is 12.2 Å². The van der Waals surface area contributed by atoms with Gasteiger partial charge >= 0.3 is 0 Å². The minimum Gasteiger partial charge on any atom is -0.408 e. The van der Waals surface area contributed by atoms with E-state index in [0.29, 0.717) is 0 Å². The van der Waals surface area contributed by atoms with Crippen LogP contribution >= 0.6 is 0 Å². The highest BCUT2D eigenvalue weighted by Gasteiger charge is 2.33. The minimum absolute atomic E-state index is 0.129. The molecule has 1 N–H and O–H groups in total. The molecular weight excluding hydrogens is 252 g/mol. The molecule has 114 valence electrons. The van der Waals surface area contributed by atoms with Crippen LogP contribution in [0.1, 0.15) is 54.9 Å². The standard InChI is InChI=1S/C16H34O2Si/c1-8-14(17)15(12-13-16(5,6)7)18-19(9-2,10-3)11-4/h12-15,17H,8-11H2,1-7H3/b13-12+/t14-,15+/m0/s1. The summed E-state index contributed by atoms with van der Waals surface area (Å²) in [6.07, 6.45) is 4.44. The van der Waals surface area contributed by atoms with Crippen molar-refractivity contribution in [3.63, 3.8) is 0 Å². The average molecular weight is 287 g/mol. The van der Waals surface area contributed by atoms with Gasteiger partial charge in [-0.1, -0.05) is 60.6 Å². The Bertz CT molecular complexity index is 256. The van der Waals surface area contributed by atoms with E-state index in [1.54, 1.807) is 0 Å². The molecule has 0 aliphatic rings. The number of allylic oxidation sites excluding steroid dienone is 1. The zero-order valence-corrected chi connectivity index (χ0v) is 15.0. The summed E-state index contributed by atoms with van der Waals surface area (Å²) in [4.78, 5) is 0. The van der Waals surface area contributed by atoms with Gasteiger partial charge in [-0.25, -0.2) is 0 Å². The van der Waals surface area contributed by atoms with Crippen LogP contribution in [0.25, 0.3) is 0 Å². The average Bonchev–Trinajstić information content (AvgIpc) is 2.38. The number of hydrogen-bond donors (Lipinski definition) is 1. The van der Waals surface area contributed by atoms with Gasteiger partial charge in [0, 0.05) is 0 Å². The zero-order valence-electron chi connectivity index (χ0n) is 14.0. The van der Waals surface area contributed by atoms with Crippen molar-refractivity contribution in [3.05, 3.63) is 12.2 Å².